The number of rotatable bonds is 7. The van der Waals surface area contributed by atoms with Crippen molar-refractivity contribution >= 4 is 17.2 Å². The number of fused-ring (bicyclic) bond motifs is 1. The van der Waals surface area contributed by atoms with Crippen molar-refractivity contribution in [1.29, 1.82) is 0 Å². The lowest BCUT2D eigenvalue weighted by molar-refractivity contribution is -0.133. The van der Waals surface area contributed by atoms with E-state index < -0.39 is 0 Å². The molecule has 128 valence electrons. The molecule has 24 heavy (non-hydrogen) atoms. The van der Waals surface area contributed by atoms with E-state index in [-0.39, 0.29) is 11.9 Å². The molecule has 1 aromatic carbocycles. The van der Waals surface area contributed by atoms with E-state index in [2.05, 4.69) is 23.7 Å². The number of hydrogen-bond donors (Lipinski definition) is 1. The topological polar surface area (TPSA) is 41.6 Å². The Labute approximate surface area is 147 Å². The smallest absolute Gasteiger partial charge is 0.237 e. The van der Waals surface area contributed by atoms with Gasteiger partial charge in [0.1, 0.15) is 12.4 Å². The standard InChI is InChI=1S/C19H24N2O2S/c1-2-10-20-13-19(22)21-11-8-18-16(9-12-24-18)17(21)14-23-15-6-4-3-5-7-15/h3-7,9,12,17,20H,2,8,10-11,13-14H2,1H3. The molecule has 1 unspecified atom stereocenters. The summed E-state index contributed by atoms with van der Waals surface area (Å²) in [6.07, 6.45) is 1.97. The lowest BCUT2D eigenvalue weighted by Gasteiger charge is -2.36. The lowest BCUT2D eigenvalue weighted by Crippen LogP contribution is -2.45. The normalized spacial score (nSPS) is 16.7. The van der Waals surface area contributed by atoms with Crippen molar-refractivity contribution in [2.45, 2.75) is 25.8 Å². The summed E-state index contributed by atoms with van der Waals surface area (Å²) in [5.41, 5.74) is 1.24. The number of nitrogens with zero attached hydrogens (tertiary/aromatic N) is 1. The summed E-state index contributed by atoms with van der Waals surface area (Å²) in [6, 6.07) is 11.9. The summed E-state index contributed by atoms with van der Waals surface area (Å²) in [7, 11) is 0. The zero-order valence-electron chi connectivity index (χ0n) is 14.0. The first-order chi connectivity index (χ1) is 11.8. The van der Waals surface area contributed by atoms with E-state index in [9.17, 15) is 4.79 Å². The minimum atomic E-state index is -0.00358. The Balaban J connectivity index is 1.71. The molecule has 0 fully saturated rings. The molecule has 1 aliphatic heterocycles. The monoisotopic (exact) mass is 344 g/mol. The molecule has 0 saturated heterocycles. The first-order valence-corrected chi connectivity index (χ1v) is 9.42. The number of carbonyl (C=O) groups is 1. The van der Waals surface area contributed by atoms with Gasteiger partial charge in [-0.3, -0.25) is 4.79 Å². The van der Waals surface area contributed by atoms with Crippen LogP contribution in [0.1, 0.15) is 29.8 Å². The van der Waals surface area contributed by atoms with Crippen LogP contribution in [-0.4, -0.2) is 37.0 Å². The quantitative estimate of drug-likeness (QED) is 0.784. The van der Waals surface area contributed by atoms with Crippen LogP contribution in [0.3, 0.4) is 0 Å². The molecular formula is C19H24N2O2S. The van der Waals surface area contributed by atoms with Gasteiger partial charge in [-0.1, -0.05) is 25.1 Å². The van der Waals surface area contributed by atoms with Gasteiger partial charge >= 0.3 is 0 Å². The molecule has 0 saturated carbocycles. The van der Waals surface area contributed by atoms with Crippen LogP contribution in [0.4, 0.5) is 0 Å². The van der Waals surface area contributed by atoms with Crippen molar-refractivity contribution in [3.63, 3.8) is 0 Å². The van der Waals surface area contributed by atoms with E-state index in [0.29, 0.717) is 13.2 Å². The zero-order valence-corrected chi connectivity index (χ0v) is 14.8. The molecule has 5 heteroatoms. The number of ether oxygens (including phenoxy) is 1. The summed E-state index contributed by atoms with van der Waals surface area (Å²) < 4.78 is 5.97. The molecule has 1 atom stereocenters. The van der Waals surface area contributed by atoms with E-state index in [1.165, 1.54) is 10.4 Å². The highest BCUT2D eigenvalue weighted by Crippen LogP contribution is 2.33. The maximum absolute atomic E-state index is 12.6. The molecule has 0 radical (unpaired) electrons. The summed E-state index contributed by atoms with van der Waals surface area (Å²) in [5, 5.41) is 5.33. The highest BCUT2D eigenvalue weighted by atomic mass is 32.1. The summed E-state index contributed by atoms with van der Waals surface area (Å²) in [5.74, 6) is 0.998. The maximum Gasteiger partial charge on any atom is 0.237 e. The molecule has 3 rings (SSSR count). The van der Waals surface area contributed by atoms with Crippen LogP contribution in [0.25, 0.3) is 0 Å². The zero-order chi connectivity index (χ0) is 16.8. The van der Waals surface area contributed by atoms with E-state index in [1.807, 2.05) is 35.2 Å². The number of thiophene rings is 1. The first kappa shape index (κ1) is 17.0. The second-order valence-corrected chi connectivity index (χ2v) is 6.95. The van der Waals surface area contributed by atoms with Crippen molar-refractivity contribution in [3.05, 3.63) is 52.2 Å². The first-order valence-electron chi connectivity index (χ1n) is 8.54. The van der Waals surface area contributed by atoms with Gasteiger partial charge in [-0.2, -0.15) is 0 Å². The van der Waals surface area contributed by atoms with Gasteiger partial charge in [0.05, 0.1) is 12.6 Å². The third-order valence-corrected chi connectivity index (χ3v) is 5.27. The Morgan fingerprint density at radius 2 is 2.17 bits per heavy atom. The van der Waals surface area contributed by atoms with Crippen molar-refractivity contribution < 1.29 is 9.53 Å². The molecule has 2 heterocycles. The number of para-hydroxylation sites is 1. The third kappa shape index (κ3) is 3.97. The van der Waals surface area contributed by atoms with E-state index in [4.69, 9.17) is 4.74 Å². The Kier molecular flexibility index (Phi) is 5.88. The van der Waals surface area contributed by atoms with E-state index in [0.717, 1.165) is 31.7 Å². The Morgan fingerprint density at radius 1 is 1.33 bits per heavy atom. The number of nitrogens with one attached hydrogen (secondary N) is 1. The van der Waals surface area contributed by atoms with Gasteiger partial charge in [-0.05, 0) is 48.5 Å². The van der Waals surface area contributed by atoms with Gasteiger partial charge in [-0.15, -0.1) is 11.3 Å². The van der Waals surface area contributed by atoms with Crippen LogP contribution < -0.4 is 10.1 Å². The molecule has 1 aromatic heterocycles. The fourth-order valence-corrected chi connectivity index (χ4v) is 3.97. The molecular weight excluding hydrogens is 320 g/mol. The number of carbonyl (C=O) groups excluding carboxylic acids is 1. The second kappa shape index (κ2) is 8.31. The van der Waals surface area contributed by atoms with Gasteiger partial charge in [0.25, 0.3) is 0 Å². The second-order valence-electron chi connectivity index (χ2n) is 5.95. The minimum Gasteiger partial charge on any atom is -0.491 e. The average molecular weight is 344 g/mol. The van der Waals surface area contributed by atoms with Gasteiger partial charge in [-0.25, -0.2) is 0 Å². The van der Waals surface area contributed by atoms with Crippen LogP contribution in [0.5, 0.6) is 5.75 Å². The van der Waals surface area contributed by atoms with Crippen molar-refractivity contribution in [3.8, 4) is 5.75 Å². The van der Waals surface area contributed by atoms with E-state index >= 15 is 0 Å². The van der Waals surface area contributed by atoms with Gasteiger partial charge in [0, 0.05) is 11.4 Å². The number of amides is 1. The highest BCUT2D eigenvalue weighted by molar-refractivity contribution is 7.10. The maximum atomic E-state index is 12.6. The van der Waals surface area contributed by atoms with Crippen LogP contribution in [0.15, 0.2) is 41.8 Å². The predicted molar refractivity (Wildman–Crippen MR) is 97.6 cm³/mol. The summed E-state index contributed by atoms with van der Waals surface area (Å²) in [4.78, 5) is 16.0. The molecule has 0 spiro atoms. The summed E-state index contributed by atoms with van der Waals surface area (Å²) in [6.45, 7) is 4.63. The third-order valence-electron chi connectivity index (χ3n) is 4.27. The lowest BCUT2D eigenvalue weighted by atomic mass is 10.0. The van der Waals surface area contributed by atoms with Crippen LogP contribution in [0.2, 0.25) is 0 Å². The molecule has 0 aliphatic carbocycles. The van der Waals surface area contributed by atoms with Gasteiger partial charge in [0.15, 0.2) is 0 Å². The number of hydrogen-bond acceptors (Lipinski definition) is 4. The van der Waals surface area contributed by atoms with Crippen molar-refractivity contribution in [2.75, 3.05) is 26.2 Å². The summed E-state index contributed by atoms with van der Waals surface area (Å²) >= 11 is 1.78. The SMILES string of the molecule is CCCNCC(=O)N1CCc2sccc2C1COc1ccccc1. The Hall–Kier alpha value is -1.85. The van der Waals surface area contributed by atoms with Crippen LogP contribution in [0, 0.1) is 0 Å². The molecule has 0 bridgehead atoms. The van der Waals surface area contributed by atoms with Crippen molar-refractivity contribution in [1.82, 2.24) is 10.2 Å². The van der Waals surface area contributed by atoms with Gasteiger partial charge in [0.2, 0.25) is 5.91 Å². The largest absolute Gasteiger partial charge is 0.491 e. The van der Waals surface area contributed by atoms with Crippen molar-refractivity contribution in [2.24, 2.45) is 0 Å². The van der Waals surface area contributed by atoms with Crippen LogP contribution >= 0.6 is 11.3 Å². The highest BCUT2D eigenvalue weighted by Gasteiger charge is 2.31. The minimum absolute atomic E-state index is 0.00358. The average Bonchev–Trinajstić information content (AvgIpc) is 3.09. The number of benzene rings is 1. The molecule has 1 aliphatic rings. The Bertz CT molecular complexity index is 656. The Morgan fingerprint density at radius 3 is 2.96 bits per heavy atom. The van der Waals surface area contributed by atoms with Crippen LogP contribution in [-0.2, 0) is 11.2 Å². The fourth-order valence-electron chi connectivity index (χ4n) is 3.04. The molecule has 2 aromatic rings. The fraction of sp³-hybridized carbons (Fsp3) is 0.421. The molecule has 1 amide bonds. The molecule has 4 nitrogen and oxygen atoms in total. The molecule has 1 N–H and O–H groups in total. The predicted octanol–water partition coefficient (Wildman–Crippen LogP) is 3.25. The van der Waals surface area contributed by atoms with E-state index in [1.54, 1.807) is 11.3 Å². The van der Waals surface area contributed by atoms with Gasteiger partial charge < -0.3 is 15.0 Å².